The van der Waals surface area contributed by atoms with Crippen molar-refractivity contribution in [2.45, 2.75) is 13.0 Å². The van der Waals surface area contributed by atoms with E-state index in [4.69, 9.17) is 25.1 Å². The molecule has 1 heterocycles. The highest BCUT2D eigenvalue weighted by molar-refractivity contribution is 5.52. The third kappa shape index (κ3) is 1.91. The largest absolute Gasteiger partial charge is 0.493 e. The summed E-state index contributed by atoms with van der Waals surface area (Å²) in [5.41, 5.74) is 6.52. The van der Waals surface area contributed by atoms with E-state index < -0.39 is 6.04 Å². The fraction of sp³-hybridized carbons (Fsp3) is 0.455. The molecular formula is C11H15NO4. The van der Waals surface area contributed by atoms with E-state index in [1.54, 1.807) is 12.1 Å². The zero-order valence-corrected chi connectivity index (χ0v) is 9.10. The number of hydrogen-bond acceptors (Lipinski definition) is 5. The van der Waals surface area contributed by atoms with Crippen LogP contribution in [0.1, 0.15) is 18.5 Å². The molecule has 5 nitrogen and oxygen atoms in total. The van der Waals surface area contributed by atoms with E-state index in [-0.39, 0.29) is 13.4 Å². The van der Waals surface area contributed by atoms with Crippen molar-refractivity contribution in [3.05, 3.63) is 17.7 Å². The van der Waals surface area contributed by atoms with Crippen LogP contribution >= 0.6 is 0 Å². The summed E-state index contributed by atoms with van der Waals surface area (Å²) in [5.74, 6) is 1.92. The molecule has 1 aliphatic heterocycles. The number of ether oxygens (including phenoxy) is 3. The van der Waals surface area contributed by atoms with Gasteiger partial charge < -0.3 is 25.1 Å². The van der Waals surface area contributed by atoms with Crippen LogP contribution < -0.4 is 19.9 Å². The first-order valence-corrected chi connectivity index (χ1v) is 5.19. The molecule has 0 saturated heterocycles. The van der Waals surface area contributed by atoms with E-state index in [0.717, 1.165) is 5.56 Å². The molecule has 88 valence electrons. The Morgan fingerprint density at radius 1 is 1.44 bits per heavy atom. The van der Waals surface area contributed by atoms with Gasteiger partial charge in [0, 0.05) is 11.6 Å². The second kappa shape index (κ2) is 4.59. The molecule has 1 aromatic rings. The van der Waals surface area contributed by atoms with Crippen molar-refractivity contribution in [1.29, 1.82) is 0 Å². The number of rotatable bonds is 4. The van der Waals surface area contributed by atoms with Gasteiger partial charge in [0.2, 0.25) is 6.79 Å². The SMILES string of the molecule is CCOc1cc2c(cc1[C@H](N)CO)OCO2. The summed E-state index contributed by atoms with van der Waals surface area (Å²) in [6, 6.07) is 3.03. The smallest absolute Gasteiger partial charge is 0.231 e. The second-order valence-electron chi connectivity index (χ2n) is 3.47. The Bertz CT molecular complexity index is 380. The van der Waals surface area contributed by atoms with Gasteiger partial charge in [-0.05, 0) is 13.0 Å². The molecule has 0 aliphatic carbocycles. The third-order valence-electron chi connectivity index (χ3n) is 2.40. The molecule has 1 aromatic carbocycles. The van der Waals surface area contributed by atoms with Crippen LogP contribution in [0.25, 0.3) is 0 Å². The topological polar surface area (TPSA) is 73.9 Å². The lowest BCUT2D eigenvalue weighted by Gasteiger charge is -2.15. The van der Waals surface area contributed by atoms with Crippen molar-refractivity contribution in [1.82, 2.24) is 0 Å². The lowest BCUT2D eigenvalue weighted by atomic mass is 10.1. The molecule has 0 radical (unpaired) electrons. The summed E-state index contributed by atoms with van der Waals surface area (Å²) in [6.45, 7) is 2.49. The molecule has 0 fully saturated rings. The van der Waals surface area contributed by atoms with Gasteiger partial charge in [-0.25, -0.2) is 0 Å². The second-order valence-corrected chi connectivity index (χ2v) is 3.47. The lowest BCUT2D eigenvalue weighted by Crippen LogP contribution is -2.15. The molecule has 0 amide bonds. The molecule has 5 heteroatoms. The van der Waals surface area contributed by atoms with Gasteiger partial charge in [0.1, 0.15) is 5.75 Å². The fourth-order valence-electron chi connectivity index (χ4n) is 1.61. The van der Waals surface area contributed by atoms with Gasteiger partial charge in [-0.1, -0.05) is 0 Å². The monoisotopic (exact) mass is 225 g/mol. The molecule has 1 atom stereocenters. The van der Waals surface area contributed by atoms with Crippen LogP contribution in [0.15, 0.2) is 12.1 Å². The average Bonchev–Trinajstić information content (AvgIpc) is 2.74. The van der Waals surface area contributed by atoms with Crippen LogP contribution in [-0.2, 0) is 0 Å². The number of nitrogens with two attached hydrogens (primary N) is 1. The third-order valence-corrected chi connectivity index (χ3v) is 2.40. The number of fused-ring (bicyclic) bond motifs is 1. The van der Waals surface area contributed by atoms with Gasteiger partial charge in [0.25, 0.3) is 0 Å². The maximum Gasteiger partial charge on any atom is 0.231 e. The molecule has 0 bridgehead atoms. The molecule has 0 spiro atoms. The number of benzene rings is 1. The van der Waals surface area contributed by atoms with Crippen LogP contribution in [0.5, 0.6) is 17.2 Å². The minimum Gasteiger partial charge on any atom is -0.493 e. The molecule has 0 unspecified atom stereocenters. The molecule has 16 heavy (non-hydrogen) atoms. The van der Waals surface area contributed by atoms with Gasteiger partial charge in [0.05, 0.1) is 19.3 Å². The van der Waals surface area contributed by atoms with Crippen LogP contribution in [0.2, 0.25) is 0 Å². The standard InChI is InChI=1S/C11H15NO4/c1-2-14-9-4-11-10(15-6-16-11)3-7(9)8(12)5-13/h3-4,8,13H,2,5-6,12H2,1H3/t8-/m1/s1. The number of hydrogen-bond donors (Lipinski definition) is 2. The number of aliphatic hydroxyl groups excluding tert-OH is 1. The van der Waals surface area contributed by atoms with Crippen LogP contribution in [0.4, 0.5) is 0 Å². The first kappa shape index (κ1) is 11.0. The quantitative estimate of drug-likeness (QED) is 0.793. The predicted molar refractivity (Wildman–Crippen MR) is 57.7 cm³/mol. The lowest BCUT2D eigenvalue weighted by molar-refractivity contribution is 0.173. The van der Waals surface area contributed by atoms with E-state index in [1.807, 2.05) is 6.92 Å². The van der Waals surface area contributed by atoms with Crippen molar-refractivity contribution in [2.24, 2.45) is 5.73 Å². The normalized spacial score (nSPS) is 14.9. The van der Waals surface area contributed by atoms with Gasteiger partial charge in [-0.15, -0.1) is 0 Å². The zero-order chi connectivity index (χ0) is 11.5. The van der Waals surface area contributed by atoms with Crippen molar-refractivity contribution >= 4 is 0 Å². The van der Waals surface area contributed by atoms with E-state index in [1.165, 1.54) is 0 Å². The summed E-state index contributed by atoms with van der Waals surface area (Å²) in [6.07, 6.45) is 0. The molecule has 1 aliphatic rings. The summed E-state index contributed by atoms with van der Waals surface area (Å²) in [4.78, 5) is 0. The van der Waals surface area contributed by atoms with Crippen molar-refractivity contribution in [3.8, 4) is 17.2 Å². The number of aliphatic hydroxyl groups is 1. The summed E-state index contributed by atoms with van der Waals surface area (Å²) >= 11 is 0. The molecule has 3 N–H and O–H groups in total. The van der Waals surface area contributed by atoms with Crippen molar-refractivity contribution < 1.29 is 19.3 Å². The Hall–Kier alpha value is -1.46. The van der Waals surface area contributed by atoms with E-state index in [2.05, 4.69) is 0 Å². The Morgan fingerprint density at radius 3 is 2.75 bits per heavy atom. The maximum absolute atomic E-state index is 9.08. The van der Waals surface area contributed by atoms with Crippen LogP contribution in [0, 0.1) is 0 Å². The first-order chi connectivity index (χ1) is 7.76. The zero-order valence-electron chi connectivity index (χ0n) is 9.10. The molecule has 0 aromatic heterocycles. The summed E-state index contributed by atoms with van der Waals surface area (Å²) in [7, 11) is 0. The Labute approximate surface area is 93.7 Å². The molecule has 2 rings (SSSR count). The minimum atomic E-state index is -0.476. The molecule has 0 saturated carbocycles. The van der Waals surface area contributed by atoms with Gasteiger partial charge in [-0.2, -0.15) is 0 Å². The van der Waals surface area contributed by atoms with Gasteiger partial charge >= 0.3 is 0 Å². The predicted octanol–water partition coefficient (Wildman–Crippen LogP) is 0.806. The maximum atomic E-state index is 9.08. The van der Waals surface area contributed by atoms with Crippen LogP contribution in [-0.4, -0.2) is 25.1 Å². The fourth-order valence-corrected chi connectivity index (χ4v) is 1.61. The van der Waals surface area contributed by atoms with E-state index in [9.17, 15) is 0 Å². The van der Waals surface area contributed by atoms with Crippen molar-refractivity contribution in [2.75, 3.05) is 20.0 Å². The Kier molecular flexibility index (Phi) is 3.17. The highest BCUT2D eigenvalue weighted by Crippen LogP contribution is 2.39. The Balaban J connectivity index is 2.40. The van der Waals surface area contributed by atoms with Crippen molar-refractivity contribution in [3.63, 3.8) is 0 Å². The van der Waals surface area contributed by atoms with Gasteiger partial charge in [-0.3, -0.25) is 0 Å². The Morgan fingerprint density at radius 2 is 2.12 bits per heavy atom. The first-order valence-electron chi connectivity index (χ1n) is 5.19. The van der Waals surface area contributed by atoms with E-state index in [0.29, 0.717) is 23.9 Å². The highest BCUT2D eigenvalue weighted by atomic mass is 16.7. The highest BCUT2D eigenvalue weighted by Gasteiger charge is 2.20. The summed E-state index contributed by atoms with van der Waals surface area (Å²) < 4.78 is 16.0. The van der Waals surface area contributed by atoms with Crippen LogP contribution in [0.3, 0.4) is 0 Å². The average molecular weight is 225 g/mol. The van der Waals surface area contributed by atoms with E-state index >= 15 is 0 Å². The van der Waals surface area contributed by atoms with Gasteiger partial charge in [0.15, 0.2) is 11.5 Å². The summed E-state index contributed by atoms with van der Waals surface area (Å²) in [5, 5.41) is 9.08. The molecular weight excluding hydrogens is 210 g/mol. The minimum absolute atomic E-state index is 0.139.